The van der Waals surface area contributed by atoms with Gasteiger partial charge in [-0.3, -0.25) is 10.1 Å². The van der Waals surface area contributed by atoms with E-state index >= 15 is 0 Å². The smallest absolute Gasteiger partial charge is 0.272 e. The molecule has 0 amide bonds. The van der Waals surface area contributed by atoms with Crippen LogP contribution in [0.15, 0.2) is 40.9 Å². The van der Waals surface area contributed by atoms with E-state index in [2.05, 4.69) is 15.9 Å². The van der Waals surface area contributed by atoms with Crippen molar-refractivity contribution < 1.29 is 9.66 Å². The lowest BCUT2D eigenvalue weighted by molar-refractivity contribution is -0.385. The van der Waals surface area contributed by atoms with E-state index < -0.39 is 4.92 Å². The van der Waals surface area contributed by atoms with Gasteiger partial charge in [0.05, 0.1) is 16.6 Å². The first kappa shape index (κ1) is 14.0. The monoisotopic (exact) mass is 332 g/mol. The van der Waals surface area contributed by atoms with Gasteiger partial charge in [0.1, 0.15) is 11.5 Å². The quantitative estimate of drug-likeness (QED) is 0.619. The van der Waals surface area contributed by atoms with Crippen molar-refractivity contribution in [1.82, 2.24) is 0 Å². The molecule has 0 radical (unpaired) electrons. The first-order valence-electron chi connectivity index (χ1n) is 5.63. The summed E-state index contributed by atoms with van der Waals surface area (Å²) >= 11 is 3.29. The molecule has 6 heteroatoms. The number of rotatable bonds is 3. The standard InChI is InChI=1S/C14H9BrN2O3/c1-9-4-12(2-3-14(9)17(18)19)20-13-6-10(8-16)5-11(15)7-13/h2-7H,1H3. The summed E-state index contributed by atoms with van der Waals surface area (Å²) in [5.41, 5.74) is 1.03. The molecule has 0 bridgehead atoms. The van der Waals surface area contributed by atoms with Crippen molar-refractivity contribution in [2.75, 3.05) is 0 Å². The topological polar surface area (TPSA) is 76.2 Å². The molecule has 0 atom stereocenters. The summed E-state index contributed by atoms with van der Waals surface area (Å²) in [6.07, 6.45) is 0. The number of benzene rings is 2. The van der Waals surface area contributed by atoms with E-state index in [0.29, 0.717) is 22.6 Å². The Labute approximate surface area is 123 Å². The number of nitro benzene ring substituents is 1. The number of ether oxygens (including phenoxy) is 1. The third kappa shape index (κ3) is 3.13. The number of aryl methyl sites for hydroxylation is 1. The van der Waals surface area contributed by atoms with Crippen molar-refractivity contribution >= 4 is 21.6 Å². The summed E-state index contributed by atoms with van der Waals surface area (Å²) in [7, 11) is 0. The highest BCUT2D eigenvalue weighted by molar-refractivity contribution is 9.10. The van der Waals surface area contributed by atoms with Crippen molar-refractivity contribution in [2.45, 2.75) is 6.92 Å². The molecular formula is C14H9BrN2O3. The first-order valence-corrected chi connectivity index (χ1v) is 6.42. The Morgan fingerprint density at radius 1 is 1.25 bits per heavy atom. The van der Waals surface area contributed by atoms with Crippen LogP contribution < -0.4 is 4.74 Å². The minimum Gasteiger partial charge on any atom is -0.457 e. The Morgan fingerprint density at radius 2 is 2.00 bits per heavy atom. The highest BCUT2D eigenvalue weighted by Gasteiger charge is 2.11. The van der Waals surface area contributed by atoms with E-state index in [0.717, 1.165) is 4.47 Å². The van der Waals surface area contributed by atoms with Crippen LogP contribution >= 0.6 is 15.9 Å². The van der Waals surface area contributed by atoms with Crippen LogP contribution in [0, 0.1) is 28.4 Å². The molecule has 20 heavy (non-hydrogen) atoms. The van der Waals surface area contributed by atoms with Crippen LogP contribution in [0.4, 0.5) is 5.69 Å². The molecule has 0 heterocycles. The average molecular weight is 333 g/mol. The number of halogens is 1. The minimum absolute atomic E-state index is 0.0457. The molecule has 100 valence electrons. The number of nitriles is 1. The Balaban J connectivity index is 2.31. The van der Waals surface area contributed by atoms with Crippen molar-refractivity contribution in [3.63, 3.8) is 0 Å². The Bertz CT molecular complexity index is 723. The summed E-state index contributed by atoms with van der Waals surface area (Å²) in [6, 6.07) is 11.5. The number of hydrogen-bond donors (Lipinski definition) is 0. The summed E-state index contributed by atoms with van der Waals surface area (Å²) in [5, 5.41) is 19.6. The molecule has 2 rings (SSSR count). The summed E-state index contributed by atoms with van der Waals surface area (Å²) < 4.78 is 6.34. The largest absolute Gasteiger partial charge is 0.457 e. The number of hydrogen-bond acceptors (Lipinski definition) is 4. The zero-order valence-corrected chi connectivity index (χ0v) is 12.0. The molecule has 0 N–H and O–H groups in total. The fourth-order valence-corrected chi connectivity index (χ4v) is 2.19. The van der Waals surface area contributed by atoms with Gasteiger partial charge in [-0.2, -0.15) is 5.26 Å². The van der Waals surface area contributed by atoms with Crippen LogP contribution in [0.3, 0.4) is 0 Å². The lowest BCUT2D eigenvalue weighted by Crippen LogP contribution is -1.92. The molecule has 0 aliphatic rings. The van der Waals surface area contributed by atoms with Gasteiger partial charge < -0.3 is 4.74 Å². The van der Waals surface area contributed by atoms with Crippen LogP contribution in [-0.4, -0.2) is 4.92 Å². The van der Waals surface area contributed by atoms with Gasteiger partial charge in [0.2, 0.25) is 0 Å². The van der Waals surface area contributed by atoms with Crippen molar-refractivity contribution in [3.8, 4) is 17.6 Å². The summed E-state index contributed by atoms with van der Waals surface area (Å²) in [6.45, 7) is 1.65. The summed E-state index contributed by atoms with van der Waals surface area (Å²) in [4.78, 5) is 10.3. The van der Waals surface area contributed by atoms with E-state index in [1.165, 1.54) is 12.1 Å². The molecule has 2 aromatic carbocycles. The van der Waals surface area contributed by atoms with E-state index in [9.17, 15) is 10.1 Å². The molecule has 0 aromatic heterocycles. The van der Waals surface area contributed by atoms with Gasteiger partial charge in [-0.1, -0.05) is 15.9 Å². The van der Waals surface area contributed by atoms with Crippen molar-refractivity contribution in [1.29, 1.82) is 5.26 Å². The fraction of sp³-hybridized carbons (Fsp3) is 0.0714. The maximum atomic E-state index is 10.7. The second-order valence-corrected chi connectivity index (χ2v) is 5.01. The maximum absolute atomic E-state index is 10.7. The lowest BCUT2D eigenvalue weighted by Gasteiger charge is -2.07. The number of nitrogens with zero attached hydrogens (tertiary/aromatic N) is 2. The molecule has 0 saturated carbocycles. The minimum atomic E-state index is -0.438. The summed E-state index contributed by atoms with van der Waals surface area (Å²) in [5.74, 6) is 0.972. The molecule has 0 saturated heterocycles. The van der Waals surface area contributed by atoms with Gasteiger partial charge in [0, 0.05) is 16.1 Å². The molecular weight excluding hydrogens is 324 g/mol. The Hall–Kier alpha value is -2.39. The van der Waals surface area contributed by atoms with Crippen LogP contribution in [0.5, 0.6) is 11.5 Å². The lowest BCUT2D eigenvalue weighted by atomic mass is 10.2. The van der Waals surface area contributed by atoms with Crippen molar-refractivity contribution in [3.05, 3.63) is 62.1 Å². The number of nitro groups is 1. The van der Waals surface area contributed by atoms with E-state index in [1.54, 1.807) is 31.2 Å². The third-order valence-corrected chi connectivity index (χ3v) is 3.06. The Morgan fingerprint density at radius 3 is 2.60 bits per heavy atom. The molecule has 0 fully saturated rings. The Kier molecular flexibility index (Phi) is 4.01. The van der Waals surface area contributed by atoms with Gasteiger partial charge in [-0.05, 0) is 37.3 Å². The van der Waals surface area contributed by atoms with Crippen LogP contribution in [0.25, 0.3) is 0 Å². The maximum Gasteiger partial charge on any atom is 0.272 e. The fourth-order valence-electron chi connectivity index (χ4n) is 1.72. The average Bonchev–Trinajstić information content (AvgIpc) is 2.37. The second kappa shape index (κ2) is 5.72. The third-order valence-electron chi connectivity index (χ3n) is 2.60. The zero-order valence-electron chi connectivity index (χ0n) is 10.5. The normalized spacial score (nSPS) is 9.85. The zero-order chi connectivity index (χ0) is 14.7. The highest BCUT2D eigenvalue weighted by atomic mass is 79.9. The van der Waals surface area contributed by atoms with Gasteiger partial charge >= 0.3 is 0 Å². The van der Waals surface area contributed by atoms with Gasteiger partial charge in [0.15, 0.2) is 0 Å². The van der Waals surface area contributed by atoms with Crippen LogP contribution in [0.2, 0.25) is 0 Å². The predicted octanol–water partition coefficient (Wildman–Crippen LogP) is 4.33. The van der Waals surface area contributed by atoms with Gasteiger partial charge in [0.25, 0.3) is 5.69 Å². The van der Waals surface area contributed by atoms with Crippen molar-refractivity contribution in [2.24, 2.45) is 0 Å². The predicted molar refractivity (Wildman–Crippen MR) is 76.8 cm³/mol. The van der Waals surface area contributed by atoms with Crippen LogP contribution in [-0.2, 0) is 0 Å². The molecule has 2 aromatic rings. The van der Waals surface area contributed by atoms with Gasteiger partial charge in [-0.25, -0.2) is 0 Å². The van der Waals surface area contributed by atoms with E-state index in [1.807, 2.05) is 6.07 Å². The van der Waals surface area contributed by atoms with E-state index in [4.69, 9.17) is 10.00 Å². The molecule has 0 aliphatic carbocycles. The SMILES string of the molecule is Cc1cc(Oc2cc(Br)cc(C#N)c2)ccc1[N+](=O)[O-]. The van der Waals surface area contributed by atoms with Crippen LogP contribution in [0.1, 0.15) is 11.1 Å². The molecule has 0 unspecified atom stereocenters. The molecule has 0 aliphatic heterocycles. The first-order chi connectivity index (χ1) is 9.49. The highest BCUT2D eigenvalue weighted by Crippen LogP contribution is 2.29. The van der Waals surface area contributed by atoms with E-state index in [-0.39, 0.29) is 5.69 Å². The molecule has 5 nitrogen and oxygen atoms in total. The van der Waals surface area contributed by atoms with Gasteiger partial charge in [-0.15, -0.1) is 0 Å². The molecule has 0 spiro atoms. The second-order valence-electron chi connectivity index (χ2n) is 4.09.